The molecule has 1 saturated heterocycles. The van der Waals surface area contributed by atoms with Crippen LogP contribution in [0.15, 0.2) is 16.8 Å². The third kappa shape index (κ3) is 2.41. The zero-order valence-corrected chi connectivity index (χ0v) is 14.7. The van der Waals surface area contributed by atoms with Gasteiger partial charge >= 0.3 is 0 Å². The van der Waals surface area contributed by atoms with E-state index in [0.717, 1.165) is 48.0 Å². The molecule has 0 spiro atoms. The SMILES string of the molecule is Cc1cc(C)n2ncc(CN3CCC[C@H]3c3c(C)noc3C)c2n1. The van der Waals surface area contributed by atoms with Crippen molar-refractivity contribution in [3.63, 3.8) is 0 Å². The van der Waals surface area contributed by atoms with Crippen LogP contribution in [0, 0.1) is 27.7 Å². The maximum Gasteiger partial charge on any atom is 0.159 e. The van der Waals surface area contributed by atoms with E-state index < -0.39 is 0 Å². The van der Waals surface area contributed by atoms with Crippen LogP contribution in [0.3, 0.4) is 0 Å². The van der Waals surface area contributed by atoms with Crippen LogP contribution in [-0.4, -0.2) is 31.2 Å². The van der Waals surface area contributed by atoms with E-state index in [0.29, 0.717) is 6.04 Å². The topological polar surface area (TPSA) is 59.5 Å². The van der Waals surface area contributed by atoms with E-state index in [4.69, 9.17) is 9.51 Å². The van der Waals surface area contributed by atoms with E-state index >= 15 is 0 Å². The minimum atomic E-state index is 0.372. The zero-order valence-electron chi connectivity index (χ0n) is 14.7. The first-order chi connectivity index (χ1) is 11.5. The monoisotopic (exact) mass is 325 g/mol. The Morgan fingerprint density at radius 1 is 1.25 bits per heavy atom. The van der Waals surface area contributed by atoms with E-state index in [2.05, 4.69) is 28.1 Å². The van der Waals surface area contributed by atoms with Gasteiger partial charge in [-0.15, -0.1) is 0 Å². The lowest BCUT2D eigenvalue weighted by atomic mass is 10.0. The van der Waals surface area contributed by atoms with Crippen molar-refractivity contribution in [1.29, 1.82) is 0 Å². The van der Waals surface area contributed by atoms with Gasteiger partial charge in [0.25, 0.3) is 0 Å². The van der Waals surface area contributed by atoms with Crippen LogP contribution >= 0.6 is 0 Å². The van der Waals surface area contributed by atoms with Crippen molar-refractivity contribution >= 4 is 5.65 Å². The first-order valence-corrected chi connectivity index (χ1v) is 8.52. The molecule has 4 heterocycles. The van der Waals surface area contributed by atoms with E-state index in [1.165, 1.54) is 17.5 Å². The highest BCUT2D eigenvalue weighted by molar-refractivity contribution is 5.48. The van der Waals surface area contributed by atoms with Gasteiger partial charge < -0.3 is 4.52 Å². The lowest BCUT2D eigenvalue weighted by molar-refractivity contribution is 0.246. The molecule has 0 N–H and O–H groups in total. The summed E-state index contributed by atoms with van der Waals surface area (Å²) in [5.74, 6) is 0.939. The Morgan fingerprint density at radius 3 is 2.83 bits per heavy atom. The van der Waals surface area contributed by atoms with Crippen LogP contribution in [0.2, 0.25) is 0 Å². The Kier molecular flexibility index (Phi) is 3.64. The molecule has 6 nitrogen and oxygen atoms in total. The molecule has 6 heteroatoms. The molecule has 24 heavy (non-hydrogen) atoms. The number of rotatable bonds is 3. The van der Waals surface area contributed by atoms with Gasteiger partial charge in [-0.25, -0.2) is 9.50 Å². The van der Waals surface area contributed by atoms with Crippen molar-refractivity contribution in [2.24, 2.45) is 0 Å². The molecule has 1 fully saturated rings. The largest absolute Gasteiger partial charge is 0.361 e. The van der Waals surface area contributed by atoms with Gasteiger partial charge in [-0.2, -0.15) is 5.10 Å². The van der Waals surface area contributed by atoms with Gasteiger partial charge in [0.2, 0.25) is 0 Å². The molecule has 0 bridgehead atoms. The summed E-state index contributed by atoms with van der Waals surface area (Å²) in [5, 5.41) is 8.66. The molecule has 0 aliphatic carbocycles. The molecule has 0 saturated carbocycles. The number of fused-ring (bicyclic) bond motifs is 1. The number of aromatic nitrogens is 4. The van der Waals surface area contributed by atoms with Gasteiger partial charge in [0.05, 0.1) is 11.9 Å². The fourth-order valence-corrected chi connectivity index (χ4v) is 3.95. The van der Waals surface area contributed by atoms with Gasteiger partial charge in [0.15, 0.2) is 5.65 Å². The summed E-state index contributed by atoms with van der Waals surface area (Å²) >= 11 is 0. The van der Waals surface area contributed by atoms with Crippen LogP contribution in [0.4, 0.5) is 0 Å². The Hall–Kier alpha value is -2.21. The van der Waals surface area contributed by atoms with Crippen molar-refractivity contribution in [1.82, 2.24) is 24.7 Å². The highest BCUT2D eigenvalue weighted by Crippen LogP contribution is 2.36. The standard InChI is InChI=1S/C18H23N5O/c1-11-8-12(2)23-18(20-11)15(9-19-23)10-22-7-5-6-16(22)17-13(3)21-24-14(17)4/h8-9,16H,5-7,10H2,1-4H3/t16-/m0/s1. The van der Waals surface area contributed by atoms with Crippen molar-refractivity contribution in [2.45, 2.75) is 53.1 Å². The summed E-state index contributed by atoms with van der Waals surface area (Å²) in [5.41, 5.74) is 6.56. The molecule has 126 valence electrons. The van der Waals surface area contributed by atoms with Crippen molar-refractivity contribution in [3.8, 4) is 0 Å². The fraction of sp³-hybridized carbons (Fsp3) is 0.500. The van der Waals surface area contributed by atoms with Crippen LogP contribution in [0.1, 0.15) is 52.9 Å². The predicted molar refractivity (Wildman–Crippen MR) is 90.8 cm³/mol. The summed E-state index contributed by atoms with van der Waals surface area (Å²) in [6.45, 7) is 10.1. The smallest absolute Gasteiger partial charge is 0.159 e. The normalized spacial score (nSPS) is 18.8. The van der Waals surface area contributed by atoms with Crippen molar-refractivity contribution in [2.75, 3.05) is 6.54 Å². The summed E-state index contributed by atoms with van der Waals surface area (Å²) in [6, 6.07) is 2.43. The second-order valence-corrected chi connectivity index (χ2v) is 6.81. The van der Waals surface area contributed by atoms with Crippen LogP contribution < -0.4 is 0 Å². The molecule has 0 amide bonds. The Balaban J connectivity index is 1.68. The number of aryl methyl sites for hydroxylation is 4. The van der Waals surface area contributed by atoms with Crippen LogP contribution in [0.25, 0.3) is 5.65 Å². The minimum absolute atomic E-state index is 0.372. The minimum Gasteiger partial charge on any atom is -0.361 e. The van der Waals surface area contributed by atoms with Crippen molar-refractivity contribution < 1.29 is 4.52 Å². The maximum absolute atomic E-state index is 5.39. The maximum atomic E-state index is 5.39. The van der Waals surface area contributed by atoms with E-state index in [1.807, 2.05) is 31.5 Å². The van der Waals surface area contributed by atoms with E-state index in [9.17, 15) is 0 Å². The lowest BCUT2D eigenvalue weighted by Gasteiger charge is -2.24. The highest BCUT2D eigenvalue weighted by Gasteiger charge is 2.31. The highest BCUT2D eigenvalue weighted by atomic mass is 16.5. The van der Waals surface area contributed by atoms with Gasteiger partial charge in [-0.05, 0) is 53.1 Å². The van der Waals surface area contributed by atoms with Crippen molar-refractivity contribution in [3.05, 3.63) is 46.2 Å². The third-order valence-electron chi connectivity index (χ3n) is 5.01. The second kappa shape index (κ2) is 5.70. The molecule has 1 atom stereocenters. The Labute approximate surface area is 141 Å². The number of nitrogens with zero attached hydrogens (tertiary/aromatic N) is 5. The summed E-state index contributed by atoms with van der Waals surface area (Å²) in [6.07, 6.45) is 4.30. The molecule has 3 aromatic rings. The Morgan fingerprint density at radius 2 is 2.08 bits per heavy atom. The number of hydrogen-bond acceptors (Lipinski definition) is 5. The number of likely N-dealkylation sites (tertiary alicyclic amines) is 1. The quantitative estimate of drug-likeness (QED) is 0.739. The van der Waals surface area contributed by atoms with E-state index in [1.54, 1.807) is 0 Å². The molecule has 1 aliphatic rings. The molecule has 0 aromatic carbocycles. The van der Waals surface area contributed by atoms with Crippen LogP contribution in [-0.2, 0) is 6.54 Å². The summed E-state index contributed by atoms with van der Waals surface area (Å²) < 4.78 is 7.32. The third-order valence-corrected chi connectivity index (χ3v) is 5.01. The fourth-order valence-electron chi connectivity index (χ4n) is 3.95. The van der Waals surface area contributed by atoms with Crippen LogP contribution in [0.5, 0.6) is 0 Å². The molecular formula is C18H23N5O. The lowest BCUT2D eigenvalue weighted by Crippen LogP contribution is -2.23. The van der Waals surface area contributed by atoms with Gasteiger partial charge in [0.1, 0.15) is 5.76 Å². The molecule has 0 radical (unpaired) electrons. The molecule has 0 unspecified atom stereocenters. The molecule has 1 aliphatic heterocycles. The average molecular weight is 325 g/mol. The van der Waals surface area contributed by atoms with Gasteiger partial charge in [-0.1, -0.05) is 5.16 Å². The summed E-state index contributed by atoms with van der Waals surface area (Å²) in [7, 11) is 0. The van der Waals surface area contributed by atoms with E-state index in [-0.39, 0.29) is 0 Å². The average Bonchev–Trinajstić information content (AvgIpc) is 3.21. The molecule has 3 aromatic heterocycles. The molecule has 4 rings (SSSR count). The Bertz CT molecular complexity index is 875. The molecular weight excluding hydrogens is 302 g/mol. The number of hydrogen-bond donors (Lipinski definition) is 0. The first kappa shape index (κ1) is 15.3. The second-order valence-electron chi connectivity index (χ2n) is 6.81. The van der Waals surface area contributed by atoms with Gasteiger partial charge in [0, 0.05) is 35.1 Å². The summed E-state index contributed by atoms with van der Waals surface area (Å²) in [4.78, 5) is 7.21. The first-order valence-electron chi connectivity index (χ1n) is 8.52. The zero-order chi connectivity index (χ0) is 16.8. The predicted octanol–water partition coefficient (Wildman–Crippen LogP) is 3.29. The van der Waals surface area contributed by atoms with Gasteiger partial charge in [-0.3, -0.25) is 4.90 Å².